The molecule has 1 amide bonds. The minimum Gasteiger partial charge on any atom is -0.341 e. The van der Waals surface area contributed by atoms with Crippen LogP contribution in [-0.2, 0) is 14.6 Å². The average Bonchev–Trinajstić information content (AvgIpc) is 2.81. The number of sulfone groups is 1. The zero-order valence-corrected chi connectivity index (χ0v) is 13.9. The molecule has 1 fully saturated rings. The Morgan fingerprint density at radius 2 is 2.05 bits per heavy atom. The molecule has 122 valence electrons. The first kappa shape index (κ1) is 17.2. The maximum atomic E-state index is 13.2. The van der Waals surface area contributed by atoms with Gasteiger partial charge in [-0.05, 0) is 31.5 Å². The molecule has 0 N–H and O–H groups in total. The Kier molecular flexibility index (Phi) is 5.11. The van der Waals surface area contributed by atoms with E-state index in [1.54, 1.807) is 14.0 Å². The van der Waals surface area contributed by atoms with Crippen molar-refractivity contribution in [1.29, 1.82) is 0 Å². The van der Waals surface area contributed by atoms with Crippen LogP contribution in [0.1, 0.15) is 13.3 Å². The zero-order valence-electron chi connectivity index (χ0n) is 12.3. The summed E-state index contributed by atoms with van der Waals surface area (Å²) in [4.78, 5) is 14.2. The molecule has 0 radical (unpaired) electrons. The van der Waals surface area contributed by atoms with Gasteiger partial charge in [-0.15, -0.1) is 11.8 Å². The summed E-state index contributed by atoms with van der Waals surface area (Å²) in [5.74, 6) is -2.04. The van der Waals surface area contributed by atoms with Crippen molar-refractivity contribution in [3.63, 3.8) is 0 Å². The fourth-order valence-corrected chi connectivity index (χ4v) is 5.12. The predicted molar refractivity (Wildman–Crippen MR) is 81.5 cm³/mol. The van der Waals surface area contributed by atoms with Crippen LogP contribution < -0.4 is 0 Å². The van der Waals surface area contributed by atoms with E-state index in [9.17, 15) is 22.0 Å². The lowest BCUT2D eigenvalue weighted by Gasteiger charge is -2.26. The quantitative estimate of drug-likeness (QED) is 0.781. The Labute approximate surface area is 132 Å². The maximum Gasteiger partial charge on any atom is 0.235 e. The molecule has 0 aromatic heterocycles. The van der Waals surface area contributed by atoms with Crippen LogP contribution in [0.4, 0.5) is 8.78 Å². The van der Waals surface area contributed by atoms with Gasteiger partial charge in [-0.25, -0.2) is 17.2 Å². The van der Waals surface area contributed by atoms with Gasteiger partial charge in [0.2, 0.25) is 5.91 Å². The van der Waals surface area contributed by atoms with Crippen molar-refractivity contribution >= 4 is 27.5 Å². The van der Waals surface area contributed by atoms with Gasteiger partial charge in [0.1, 0.15) is 0 Å². The van der Waals surface area contributed by atoms with Gasteiger partial charge in [-0.2, -0.15) is 0 Å². The highest BCUT2D eigenvalue weighted by atomic mass is 32.2. The number of nitrogens with zero attached hydrogens (tertiary/aromatic N) is 1. The molecule has 8 heteroatoms. The SMILES string of the molecule is C[C@H](Sc1ccc(F)c(F)c1)C(=O)N(C)[C@H]1CCS(=O)(=O)C1. The van der Waals surface area contributed by atoms with E-state index in [1.165, 1.54) is 11.0 Å². The lowest BCUT2D eigenvalue weighted by molar-refractivity contribution is -0.130. The van der Waals surface area contributed by atoms with Crippen molar-refractivity contribution in [2.45, 2.75) is 29.5 Å². The number of amides is 1. The summed E-state index contributed by atoms with van der Waals surface area (Å²) in [7, 11) is -1.48. The monoisotopic (exact) mass is 349 g/mol. The van der Waals surface area contributed by atoms with Crippen molar-refractivity contribution in [1.82, 2.24) is 4.90 Å². The topological polar surface area (TPSA) is 54.5 Å². The van der Waals surface area contributed by atoms with Crippen LogP contribution in [0.5, 0.6) is 0 Å². The first-order valence-corrected chi connectivity index (χ1v) is 9.48. The standard InChI is InChI=1S/C14H17F2NO3S2/c1-9(21-11-3-4-12(15)13(16)7-11)14(18)17(2)10-5-6-22(19,20)8-10/h3-4,7,9-10H,5-6,8H2,1-2H3/t9-,10-/m0/s1. The average molecular weight is 349 g/mol. The molecule has 1 aliphatic rings. The van der Waals surface area contributed by atoms with Crippen LogP contribution in [0.25, 0.3) is 0 Å². The third-order valence-corrected chi connectivity index (χ3v) is 6.49. The predicted octanol–water partition coefficient (Wildman–Crippen LogP) is 2.09. The Morgan fingerprint density at radius 1 is 1.36 bits per heavy atom. The molecular formula is C14H17F2NO3S2. The van der Waals surface area contributed by atoms with Gasteiger partial charge in [0.25, 0.3) is 0 Å². The van der Waals surface area contributed by atoms with E-state index >= 15 is 0 Å². The minimum atomic E-state index is -3.06. The number of benzene rings is 1. The molecule has 1 heterocycles. The number of carbonyl (C=O) groups excluding carboxylic acids is 1. The highest BCUT2D eigenvalue weighted by Gasteiger charge is 2.34. The number of rotatable bonds is 4. The normalized spacial score (nSPS) is 21.5. The molecule has 0 spiro atoms. The third-order valence-electron chi connectivity index (χ3n) is 3.66. The fourth-order valence-electron chi connectivity index (χ4n) is 2.35. The summed E-state index contributed by atoms with van der Waals surface area (Å²) in [5, 5.41) is -0.516. The summed E-state index contributed by atoms with van der Waals surface area (Å²) >= 11 is 1.11. The molecular weight excluding hydrogens is 332 g/mol. The van der Waals surface area contributed by atoms with Crippen molar-refractivity contribution in [2.75, 3.05) is 18.6 Å². The summed E-state index contributed by atoms with van der Waals surface area (Å²) in [6.45, 7) is 1.66. The van der Waals surface area contributed by atoms with Crippen LogP contribution in [0.15, 0.2) is 23.1 Å². The molecule has 1 aromatic carbocycles. The Bertz CT molecular complexity index is 679. The summed E-state index contributed by atoms with van der Waals surface area (Å²) in [6, 6.07) is 3.16. The molecule has 0 saturated carbocycles. The second kappa shape index (κ2) is 6.54. The van der Waals surface area contributed by atoms with Gasteiger partial charge >= 0.3 is 0 Å². The van der Waals surface area contributed by atoms with E-state index in [4.69, 9.17) is 0 Å². The maximum absolute atomic E-state index is 13.2. The molecule has 1 aliphatic heterocycles. The van der Waals surface area contributed by atoms with E-state index < -0.39 is 26.7 Å². The van der Waals surface area contributed by atoms with Crippen LogP contribution in [-0.4, -0.2) is 49.1 Å². The molecule has 1 saturated heterocycles. The summed E-state index contributed by atoms with van der Waals surface area (Å²) < 4.78 is 49.0. The molecule has 0 unspecified atom stereocenters. The van der Waals surface area contributed by atoms with Crippen LogP contribution in [0.2, 0.25) is 0 Å². The first-order chi connectivity index (χ1) is 10.2. The lowest BCUT2D eigenvalue weighted by Crippen LogP contribution is -2.41. The van der Waals surface area contributed by atoms with Crippen LogP contribution >= 0.6 is 11.8 Å². The number of thioether (sulfide) groups is 1. The van der Waals surface area contributed by atoms with Gasteiger partial charge < -0.3 is 4.90 Å². The highest BCUT2D eigenvalue weighted by molar-refractivity contribution is 8.00. The molecule has 1 aromatic rings. The van der Waals surface area contributed by atoms with Crippen LogP contribution in [0, 0.1) is 11.6 Å². The number of halogens is 2. The van der Waals surface area contributed by atoms with Crippen LogP contribution in [0.3, 0.4) is 0 Å². The molecule has 0 aliphatic carbocycles. The Hall–Kier alpha value is -1.15. The Balaban J connectivity index is 2.01. The van der Waals surface area contributed by atoms with Crippen molar-refractivity contribution in [3.05, 3.63) is 29.8 Å². The zero-order chi connectivity index (χ0) is 16.5. The van der Waals surface area contributed by atoms with Gasteiger partial charge in [0.15, 0.2) is 21.5 Å². The molecule has 2 rings (SSSR count). The number of hydrogen-bond donors (Lipinski definition) is 0. The second-order valence-electron chi connectivity index (χ2n) is 5.34. The first-order valence-electron chi connectivity index (χ1n) is 6.78. The number of hydrogen-bond acceptors (Lipinski definition) is 4. The molecule has 22 heavy (non-hydrogen) atoms. The minimum absolute atomic E-state index is 0.0161. The van der Waals surface area contributed by atoms with Crippen molar-refractivity contribution < 1.29 is 22.0 Å². The summed E-state index contributed by atoms with van der Waals surface area (Å²) in [5.41, 5.74) is 0. The van der Waals surface area contributed by atoms with E-state index in [-0.39, 0.29) is 23.5 Å². The van der Waals surface area contributed by atoms with E-state index in [0.29, 0.717) is 11.3 Å². The fraction of sp³-hybridized carbons (Fsp3) is 0.500. The molecule has 4 nitrogen and oxygen atoms in total. The second-order valence-corrected chi connectivity index (χ2v) is 8.98. The molecule has 0 bridgehead atoms. The summed E-state index contributed by atoms with van der Waals surface area (Å²) in [6.07, 6.45) is 0.438. The number of carbonyl (C=O) groups is 1. The largest absolute Gasteiger partial charge is 0.341 e. The third kappa shape index (κ3) is 3.98. The van der Waals surface area contributed by atoms with E-state index in [0.717, 1.165) is 23.9 Å². The van der Waals surface area contributed by atoms with Crippen molar-refractivity contribution in [2.24, 2.45) is 0 Å². The lowest BCUT2D eigenvalue weighted by atomic mass is 10.2. The van der Waals surface area contributed by atoms with E-state index in [1.807, 2.05) is 0 Å². The molecule has 2 atom stereocenters. The van der Waals surface area contributed by atoms with Gasteiger partial charge in [0.05, 0.1) is 16.8 Å². The highest BCUT2D eigenvalue weighted by Crippen LogP contribution is 2.27. The van der Waals surface area contributed by atoms with Gasteiger partial charge in [-0.3, -0.25) is 4.79 Å². The van der Waals surface area contributed by atoms with E-state index in [2.05, 4.69) is 0 Å². The van der Waals surface area contributed by atoms with Crippen molar-refractivity contribution in [3.8, 4) is 0 Å². The van der Waals surface area contributed by atoms with Gasteiger partial charge in [0, 0.05) is 18.0 Å². The Morgan fingerprint density at radius 3 is 2.59 bits per heavy atom. The van der Waals surface area contributed by atoms with Gasteiger partial charge in [-0.1, -0.05) is 0 Å². The smallest absolute Gasteiger partial charge is 0.235 e.